The largest absolute Gasteiger partial charge is 0.486 e. The number of carbonyl (C=O) groups is 1. The van der Waals surface area contributed by atoms with Crippen molar-refractivity contribution in [2.75, 3.05) is 13.2 Å². The molecule has 0 radical (unpaired) electrons. The Morgan fingerprint density at radius 1 is 1.04 bits per heavy atom. The molecule has 1 heterocycles. The van der Waals surface area contributed by atoms with E-state index in [4.69, 9.17) is 9.47 Å². The number of fused-ring (bicyclic) bond motifs is 1. The molecule has 0 aromatic heterocycles. The van der Waals surface area contributed by atoms with E-state index in [0.29, 0.717) is 24.7 Å². The molecule has 0 saturated heterocycles. The molecule has 2 N–H and O–H groups in total. The van der Waals surface area contributed by atoms with Gasteiger partial charge in [-0.2, -0.15) is 0 Å². The third kappa shape index (κ3) is 3.31. The van der Waals surface area contributed by atoms with Crippen molar-refractivity contribution < 1.29 is 27.1 Å². The van der Waals surface area contributed by atoms with E-state index in [-0.39, 0.29) is 10.5 Å². The van der Waals surface area contributed by atoms with Gasteiger partial charge in [-0.1, -0.05) is 12.1 Å². The lowest BCUT2D eigenvalue weighted by molar-refractivity contribution is 0.0941. The van der Waals surface area contributed by atoms with E-state index in [1.54, 1.807) is 0 Å². The van der Waals surface area contributed by atoms with Gasteiger partial charge in [-0.05, 0) is 24.3 Å². The van der Waals surface area contributed by atoms with Gasteiger partial charge in [-0.25, -0.2) is 12.8 Å². The Morgan fingerprint density at radius 3 is 2.50 bits per heavy atom. The van der Waals surface area contributed by atoms with Crippen LogP contribution in [0.5, 0.6) is 11.5 Å². The van der Waals surface area contributed by atoms with Crippen molar-refractivity contribution in [3.05, 3.63) is 53.8 Å². The zero-order valence-corrected chi connectivity index (χ0v) is 13.1. The van der Waals surface area contributed by atoms with Crippen molar-refractivity contribution in [1.82, 2.24) is 10.3 Å². The van der Waals surface area contributed by atoms with Crippen LogP contribution in [0.4, 0.5) is 4.39 Å². The SMILES string of the molecule is O=C(NNS(=O)(=O)c1ccc2c(c1)OCCO2)c1ccccc1F. The molecule has 1 aliphatic rings. The summed E-state index contributed by atoms with van der Waals surface area (Å²) in [6.07, 6.45) is 0. The lowest BCUT2D eigenvalue weighted by Crippen LogP contribution is -2.41. The second-order valence-electron chi connectivity index (χ2n) is 4.84. The monoisotopic (exact) mass is 352 g/mol. The zero-order chi connectivity index (χ0) is 17.2. The standard InChI is InChI=1S/C15H13FN2O5S/c16-12-4-2-1-3-11(12)15(19)17-18-24(20,21)10-5-6-13-14(9-10)23-8-7-22-13/h1-6,9,18H,7-8H2,(H,17,19). The van der Waals surface area contributed by atoms with Gasteiger partial charge in [-0.15, -0.1) is 4.83 Å². The van der Waals surface area contributed by atoms with E-state index in [0.717, 1.165) is 6.07 Å². The van der Waals surface area contributed by atoms with E-state index in [1.807, 2.05) is 10.3 Å². The molecule has 0 saturated carbocycles. The Morgan fingerprint density at radius 2 is 1.75 bits per heavy atom. The molecule has 24 heavy (non-hydrogen) atoms. The number of hydrogen-bond donors (Lipinski definition) is 2. The van der Waals surface area contributed by atoms with Crippen LogP contribution in [0.2, 0.25) is 0 Å². The van der Waals surface area contributed by atoms with E-state index in [2.05, 4.69) is 0 Å². The predicted molar refractivity (Wildman–Crippen MR) is 81.6 cm³/mol. The average Bonchev–Trinajstić information content (AvgIpc) is 2.60. The number of benzene rings is 2. The van der Waals surface area contributed by atoms with Crippen LogP contribution >= 0.6 is 0 Å². The van der Waals surface area contributed by atoms with E-state index < -0.39 is 21.7 Å². The van der Waals surface area contributed by atoms with Gasteiger partial charge in [0.1, 0.15) is 19.0 Å². The molecule has 2 aromatic rings. The Bertz CT molecular complexity index is 885. The summed E-state index contributed by atoms with van der Waals surface area (Å²) in [5.41, 5.74) is 1.69. The summed E-state index contributed by atoms with van der Waals surface area (Å²) in [5.74, 6) is -0.928. The molecule has 126 valence electrons. The molecule has 1 aliphatic heterocycles. The van der Waals surface area contributed by atoms with E-state index >= 15 is 0 Å². The van der Waals surface area contributed by atoms with Gasteiger partial charge in [0.15, 0.2) is 11.5 Å². The second-order valence-corrected chi connectivity index (χ2v) is 6.53. The number of amides is 1. The predicted octanol–water partition coefficient (Wildman–Crippen LogP) is 1.22. The summed E-state index contributed by atoms with van der Waals surface area (Å²) >= 11 is 0. The molecular weight excluding hydrogens is 339 g/mol. The first-order valence-corrected chi connectivity index (χ1v) is 8.42. The molecule has 0 fully saturated rings. The summed E-state index contributed by atoms with van der Waals surface area (Å²) < 4.78 is 48.6. The third-order valence-electron chi connectivity index (χ3n) is 3.24. The molecule has 0 atom stereocenters. The molecule has 0 aliphatic carbocycles. The highest BCUT2D eigenvalue weighted by Crippen LogP contribution is 2.32. The van der Waals surface area contributed by atoms with Gasteiger partial charge in [-0.3, -0.25) is 10.2 Å². The average molecular weight is 352 g/mol. The lowest BCUT2D eigenvalue weighted by atomic mass is 10.2. The van der Waals surface area contributed by atoms with Gasteiger partial charge < -0.3 is 9.47 Å². The Balaban J connectivity index is 1.75. The van der Waals surface area contributed by atoms with Crippen molar-refractivity contribution in [3.8, 4) is 11.5 Å². The van der Waals surface area contributed by atoms with E-state index in [9.17, 15) is 17.6 Å². The maximum Gasteiger partial charge on any atom is 0.269 e. The number of nitrogens with one attached hydrogen (secondary N) is 2. The smallest absolute Gasteiger partial charge is 0.269 e. The molecule has 2 aromatic carbocycles. The number of carbonyl (C=O) groups excluding carboxylic acids is 1. The van der Waals surface area contributed by atoms with Crippen LogP contribution in [0.3, 0.4) is 0 Å². The quantitative estimate of drug-likeness (QED) is 0.807. The summed E-state index contributed by atoms with van der Waals surface area (Å²) in [7, 11) is -4.05. The summed E-state index contributed by atoms with van der Waals surface area (Å²) in [6.45, 7) is 0.698. The highest BCUT2D eigenvalue weighted by atomic mass is 32.2. The van der Waals surface area contributed by atoms with Crippen LogP contribution < -0.4 is 19.7 Å². The molecular formula is C15H13FN2O5S. The maximum absolute atomic E-state index is 13.5. The number of hydrogen-bond acceptors (Lipinski definition) is 5. The molecule has 3 rings (SSSR count). The Kier molecular flexibility index (Phi) is 4.36. The number of rotatable bonds is 4. The lowest BCUT2D eigenvalue weighted by Gasteiger charge is -2.19. The van der Waals surface area contributed by atoms with Crippen LogP contribution in [0.25, 0.3) is 0 Å². The molecule has 0 unspecified atom stereocenters. The molecule has 1 amide bonds. The van der Waals surface area contributed by atoms with Gasteiger partial charge in [0.2, 0.25) is 0 Å². The van der Waals surface area contributed by atoms with Crippen molar-refractivity contribution in [2.45, 2.75) is 4.90 Å². The molecule has 7 nitrogen and oxygen atoms in total. The molecule has 9 heteroatoms. The van der Waals surface area contributed by atoms with Crippen LogP contribution in [0, 0.1) is 5.82 Å². The molecule has 0 bridgehead atoms. The fraction of sp³-hybridized carbons (Fsp3) is 0.133. The minimum absolute atomic E-state index is 0.124. The zero-order valence-electron chi connectivity index (χ0n) is 12.3. The summed E-state index contributed by atoms with van der Waals surface area (Å²) in [5, 5.41) is 0. The normalized spacial score (nSPS) is 13.4. The minimum atomic E-state index is -4.05. The van der Waals surface area contributed by atoms with Gasteiger partial charge in [0, 0.05) is 6.07 Å². The van der Waals surface area contributed by atoms with Gasteiger partial charge >= 0.3 is 0 Å². The second kappa shape index (κ2) is 6.46. The first-order chi connectivity index (χ1) is 11.5. The van der Waals surface area contributed by atoms with Crippen LogP contribution in [-0.4, -0.2) is 27.5 Å². The highest BCUT2D eigenvalue weighted by molar-refractivity contribution is 7.89. The topological polar surface area (TPSA) is 93.7 Å². The van der Waals surface area contributed by atoms with Crippen molar-refractivity contribution in [3.63, 3.8) is 0 Å². The van der Waals surface area contributed by atoms with Crippen LogP contribution in [0.15, 0.2) is 47.4 Å². The minimum Gasteiger partial charge on any atom is -0.486 e. The van der Waals surface area contributed by atoms with E-state index in [1.165, 1.54) is 36.4 Å². The first-order valence-electron chi connectivity index (χ1n) is 6.94. The van der Waals surface area contributed by atoms with Crippen molar-refractivity contribution >= 4 is 15.9 Å². The maximum atomic E-state index is 13.5. The fourth-order valence-electron chi connectivity index (χ4n) is 2.08. The summed E-state index contributed by atoms with van der Waals surface area (Å²) in [4.78, 5) is 13.6. The summed E-state index contributed by atoms with van der Waals surface area (Å²) in [6, 6.07) is 9.28. The van der Waals surface area contributed by atoms with Crippen LogP contribution in [-0.2, 0) is 10.0 Å². The van der Waals surface area contributed by atoms with Crippen LogP contribution in [0.1, 0.15) is 10.4 Å². The number of hydrazine groups is 1. The highest BCUT2D eigenvalue weighted by Gasteiger charge is 2.20. The van der Waals surface area contributed by atoms with Crippen molar-refractivity contribution in [1.29, 1.82) is 0 Å². The molecule has 0 spiro atoms. The fourth-order valence-corrected chi connectivity index (χ4v) is 2.93. The number of sulfonamides is 1. The number of ether oxygens (including phenoxy) is 2. The van der Waals surface area contributed by atoms with Gasteiger partial charge in [0.05, 0.1) is 10.5 Å². The van der Waals surface area contributed by atoms with Crippen molar-refractivity contribution in [2.24, 2.45) is 0 Å². The number of halogens is 1. The first kappa shape index (κ1) is 16.2. The van der Waals surface area contributed by atoms with Gasteiger partial charge in [0.25, 0.3) is 15.9 Å². The Hall–Kier alpha value is -2.65. The Labute approximate surface area is 137 Å². The third-order valence-corrected chi connectivity index (χ3v) is 4.49.